The molecule has 0 aromatic heterocycles. The van der Waals surface area contributed by atoms with E-state index in [0.29, 0.717) is 0 Å². The summed E-state index contributed by atoms with van der Waals surface area (Å²) >= 11 is 0. The summed E-state index contributed by atoms with van der Waals surface area (Å²) in [6.45, 7) is 16.5. The summed E-state index contributed by atoms with van der Waals surface area (Å²) in [5, 5.41) is 0. The summed E-state index contributed by atoms with van der Waals surface area (Å²) < 4.78 is 18.2. The Morgan fingerprint density at radius 2 is 0.957 bits per heavy atom. The lowest BCUT2D eigenvalue weighted by atomic mass is 9.91. The van der Waals surface area contributed by atoms with E-state index in [2.05, 4.69) is 41.5 Å². The highest BCUT2D eigenvalue weighted by Crippen LogP contribution is 2.29. The lowest BCUT2D eigenvalue weighted by Gasteiger charge is -2.36. The molecular formula is C20H42O3. The van der Waals surface area contributed by atoms with Crippen molar-refractivity contribution in [3.8, 4) is 0 Å². The fourth-order valence-corrected chi connectivity index (χ4v) is 3.04. The van der Waals surface area contributed by atoms with Crippen molar-refractivity contribution in [1.29, 1.82) is 0 Å². The number of hydrogen-bond acceptors (Lipinski definition) is 3. The number of rotatable bonds is 16. The molecule has 0 aliphatic rings. The summed E-state index contributed by atoms with van der Waals surface area (Å²) in [5.41, 5.74) is -0.0480. The molecular weight excluding hydrogens is 288 g/mol. The molecule has 23 heavy (non-hydrogen) atoms. The molecule has 0 heterocycles. The van der Waals surface area contributed by atoms with Gasteiger partial charge in [0.2, 0.25) is 0 Å². The third kappa shape index (κ3) is 8.51. The highest BCUT2D eigenvalue weighted by atomic mass is 16.5. The van der Waals surface area contributed by atoms with Crippen LogP contribution in [0.15, 0.2) is 0 Å². The highest BCUT2D eigenvalue weighted by molar-refractivity contribution is 4.81. The first-order valence-corrected chi connectivity index (χ1v) is 9.93. The molecule has 0 aromatic carbocycles. The van der Waals surface area contributed by atoms with Gasteiger partial charge in [-0.3, -0.25) is 0 Å². The van der Waals surface area contributed by atoms with Gasteiger partial charge in [0.05, 0.1) is 17.8 Å². The number of hydrogen-bond donors (Lipinski definition) is 0. The first kappa shape index (κ1) is 22.9. The summed E-state index contributed by atoms with van der Waals surface area (Å²) in [7, 11) is 0. The van der Waals surface area contributed by atoms with Gasteiger partial charge in [0.15, 0.2) is 0 Å². The third-order valence-corrected chi connectivity index (χ3v) is 5.21. The zero-order valence-corrected chi connectivity index (χ0v) is 16.7. The van der Waals surface area contributed by atoms with Gasteiger partial charge in [0, 0.05) is 19.8 Å². The second-order valence-corrected chi connectivity index (χ2v) is 6.59. The van der Waals surface area contributed by atoms with Crippen molar-refractivity contribution < 1.29 is 14.2 Å². The summed E-state index contributed by atoms with van der Waals surface area (Å²) in [4.78, 5) is 0. The maximum Gasteiger partial charge on any atom is 0.0699 e. The fourth-order valence-electron chi connectivity index (χ4n) is 3.04. The molecule has 0 fully saturated rings. The minimum Gasteiger partial charge on any atom is -0.381 e. The quantitative estimate of drug-likeness (QED) is 0.337. The molecule has 0 aromatic rings. The maximum absolute atomic E-state index is 6.39. The molecule has 0 atom stereocenters. The molecule has 140 valence electrons. The van der Waals surface area contributed by atoms with Crippen LogP contribution in [-0.4, -0.2) is 37.6 Å². The van der Waals surface area contributed by atoms with Crippen LogP contribution in [0.2, 0.25) is 0 Å². The molecule has 3 nitrogen and oxygen atoms in total. The Morgan fingerprint density at radius 3 is 1.39 bits per heavy atom. The summed E-state index contributed by atoms with van der Waals surface area (Å²) in [6, 6.07) is 0. The molecule has 0 N–H and O–H groups in total. The second-order valence-electron chi connectivity index (χ2n) is 6.59. The van der Waals surface area contributed by atoms with Gasteiger partial charge in [-0.2, -0.15) is 0 Å². The van der Waals surface area contributed by atoms with Crippen molar-refractivity contribution in [3.05, 3.63) is 0 Å². The van der Waals surface area contributed by atoms with Crippen LogP contribution in [0.3, 0.4) is 0 Å². The minimum absolute atomic E-state index is 0.0120. The Bertz CT molecular complexity index is 258. The van der Waals surface area contributed by atoms with Gasteiger partial charge >= 0.3 is 0 Å². The van der Waals surface area contributed by atoms with Gasteiger partial charge in [-0.1, -0.05) is 41.5 Å². The predicted octanol–water partition coefficient (Wildman–Crippen LogP) is 5.75. The molecule has 0 amide bonds. The van der Waals surface area contributed by atoms with Crippen LogP contribution >= 0.6 is 0 Å². The van der Waals surface area contributed by atoms with Crippen LogP contribution in [0.5, 0.6) is 0 Å². The minimum atomic E-state index is -0.0360. The maximum atomic E-state index is 6.39. The molecule has 0 rings (SSSR count). The van der Waals surface area contributed by atoms with Gasteiger partial charge in [0.25, 0.3) is 0 Å². The summed E-state index contributed by atoms with van der Waals surface area (Å²) in [6.07, 6.45) is 8.32. The molecule has 0 saturated heterocycles. The molecule has 0 aliphatic heterocycles. The van der Waals surface area contributed by atoms with E-state index >= 15 is 0 Å². The van der Waals surface area contributed by atoms with E-state index in [4.69, 9.17) is 14.2 Å². The largest absolute Gasteiger partial charge is 0.381 e. The van der Waals surface area contributed by atoms with Crippen molar-refractivity contribution in [2.45, 2.75) is 104 Å². The molecule has 0 unspecified atom stereocenters. The monoisotopic (exact) mass is 330 g/mol. The molecule has 0 bridgehead atoms. The van der Waals surface area contributed by atoms with Crippen LogP contribution in [0.25, 0.3) is 0 Å². The van der Waals surface area contributed by atoms with E-state index in [1.807, 2.05) is 0 Å². The predicted molar refractivity (Wildman–Crippen MR) is 99.2 cm³/mol. The SMILES string of the molecule is CCCOCCC(CC)(CC)OCCC(CC)(CC)OCCC. The van der Waals surface area contributed by atoms with Crippen molar-refractivity contribution in [2.75, 3.05) is 26.4 Å². The van der Waals surface area contributed by atoms with Crippen LogP contribution in [-0.2, 0) is 14.2 Å². The van der Waals surface area contributed by atoms with Gasteiger partial charge < -0.3 is 14.2 Å². The van der Waals surface area contributed by atoms with Crippen LogP contribution in [0.4, 0.5) is 0 Å². The van der Waals surface area contributed by atoms with Crippen LogP contribution in [0, 0.1) is 0 Å². The van der Waals surface area contributed by atoms with E-state index in [1.54, 1.807) is 0 Å². The van der Waals surface area contributed by atoms with E-state index in [0.717, 1.165) is 77.8 Å². The zero-order valence-electron chi connectivity index (χ0n) is 16.7. The Hall–Kier alpha value is -0.120. The molecule has 3 heteroatoms. The lowest BCUT2D eigenvalue weighted by Crippen LogP contribution is -2.37. The fraction of sp³-hybridized carbons (Fsp3) is 1.00. The third-order valence-electron chi connectivity index (χ3n) is 5.21. The van der Waals surface area contributed by atoms with Crippen molar-refractivity contribution >= 4 is 0 Å². The Morgan fingerprint density at radius 1 is 0.522 bits per heavy atom. The summed E-state index contributed by atoms with van der Waals surface area (Å²) in [5.74, 6) is 0. The van der Waals surface area contributed by atoms with Crippen molar-refractivity contribution in [2.24, 2.45) is 0 Å². The zero-order chi connectivity index (χ0) is 17.6. The number of ether oxygens (including phenoxy) is 3. The van der Waals surface area contributed by atoms with Crippen molar-refractivity contribution in [3.63, 3.8) is 0 Å². The molecule has 0 spiro atoms. The average Bonchev–Trinajstić information content (AvgIpc) is 2.60. The first-order valence-electron chi connectivity index (χ1n) is 9.93. The van der Waals surface area contributed by atoms with Crippen LogP contribution < -0.4 is 0 Å². The second kappa shape index (κ2) is 13.2. The van der Waals surface area contributed by atoms with Gasteiger partial charge in [-0.15, -0.1) is 0 Å². The highest BCUT2D eigenvalue weighted by Gasteiger charge is 2.30. The van der Waals surface area contributed by atoms with E-state index in [9.17, 15) is 0 Å². The standard InChI is InChI=1S/C20H42O3/c1-7-15-21-17-13-19(9-3,10-4)23-18-14-20(11-5,12-6)22-16-8-2/h7-18H2,1-6H3. The normalized spacial score (nSPS) is 12.8. The van der Waals surface area contributed by atoms with Gasteiger partial charge in [-0.25, -0.2) is 0 Å². The Balaban J connectivity index is 4.47. The molecule has 0 radical (unpaired) electrons. The topological polar surface area (TPSA) is 27.7 Å². The lowest BCUT2D eigenvalue weighted by molar-refractivity contribution is -0.111. The average molecular weight is 331 g/mol. The molecule has 0 saturated carbocycles. The Kier molecular flexibility index (Phi) is 13.1. The van der Waals surface area contributed by atoms with Gasteiger partial charge in [0.1, 0.15) is 0 Å². The van der Waals surface area contributed by atoms with Gasteiger partial charge in [-0.05, 0) is 51.4 Å². The first-order chi connectivity index (χ1) is 11.1. The van der Waals surface area contributed by atoms with Crippen molar-refractivity contribution in [1.82, 2.24) is 0 Å². The van der Waals surface area contributed by atoms with E-state index < -0.39 is 0 Å². The van der Waals surface area contributed by atoms with Crippen LogP contribution in [0.1, 0.15) is 92.9 Å². The van der Waals surface area contributed by atoms with E-state index in [1.165, 1.54) is 0 Å². The Labute approximate surface area is 145 Å². The van der Waals surface area contributed by atoms with E-state index in [-0.39, 0.29) is 11.2 Å². The smallest absolute Gasteiger partial charge is 0.0699 e. The molecule has 0 aliphatic carbocycles.